The molecule has 0 spiro atoms. The second-order valence-corrected chi connectivity index (χ2v) is 7.15. The van der Waals surface area contributed by atoms with Crippen LogP contribution in [0.4, 0.5) is 0 Å². The van der Waals surface area contributed by atoms with E-state index in [0.29, 0.717) is 30.2 Å². The lowest BCUT2D eigenvalue weighted by molar-refractivity contribution is -0.120. The maximum atomic E-state index is 12.0. The molecule has 0 aliphatic rings. The first-order valence-corrected chi connectivity index (χ1v) is 9.76. The fourth-order valence-corrected chi connectivity index (χ4v) is 2.97. The molecule has 0 aliphatic carbocycles. The van der Waals surface area contributed by atoms with Gasteiger partial charge in [-0.2, -0.15) is 0 Å². The molecule has 0 saturated heterocycles. The number of nitrogens with one attached hydrogen (secondary N) is 2. The van der Waals surface area contributed by atoms with Crippen LogP contribution in [0, 0.1) is 20.8 Å². The van der Waals surface area contributed by atoms with Crippen molar-refractivity contribution in [3.63, 3.8) is 0 Å². The van der Waals surface area contributed by atoms with E-state index >= 15 is 0 Å². The van der Waals surface area contributed by atoms with E-state index in [1.54, 1.807) is 24.3 Å². The summed E-state index contributed by atoms with van der Waals surface area (Å²) < 4.78 is 5.83. The number of rotatable bonds is 9. The number of carbonyl (C=O) groups is 2. The van der Waals surface area contributed by atoms with Gasteiger partial charge in [-0.3, -0.25) is 9.59 Å². The molecule has 0 atom stereocenters. The van der Waals surface area contributed by atoms with Gasteiger partial charge in [0.15, 0.2) is 0 Å². The number of benzene rings is 2. The largest absolute Gasteiger partial charge is 0.493 e. The molecule has 0 aliphatic heterocycles. The molecule has 28 heavy (non-hydrogen) atoms. The first-order chi connectivity index (χ1) is 13.4. The second-order valence-electron chi connectivity index (χ2n) is 6.74. The Kier molecular flexibility index (Phi) is 8.33. The molecular weight excluding hydrogens is 376 g/mol. The summed E-state index contributed by atoms with van der Waals surface area (Å²) in [4.78, 5) is 23.9. The van der Waals surface area contributed by atoms with Crippen LogP contribution in [0.2, 0.25) is 5.02 Å². The van der Waals surface area contributed by atoms with Crippen molar-refractivity contribution in [3.8, 4) is 5.75 Å². The maximum Gasteiger partial charge on any atom is 0.252 e. The van der Waals surface area contributed by atoms with Crippen LogP contribution in [0.15, 0.2) is 36.4 Å². The molecular formula is C22H27ClN2O3. The third kappa shape index (κ3) is 6.57. The number of aryl methyl sites for hydroxylation is 2. The summed E-state index contributed by atoms with van der Waals surface area (Å²) in [6, 6.07) is 11.0. The quantitative estimate of drug-likeness (QED) is 0.623. The van der Waals surface area contributed by atoms with E-state index in [-0.39, 0.29) is 24.8 Å². The molecule has 0 aromatic heterocycles. The van der Waals surface area contributed by atoms with Gasteiger partial charge in [0.25, 0.3) is 5.91 Å². The first kappa shape index (κ1) is 21.8. The minimum Gasteiger partial charge on any atom is -0.493 e. The SMILES string of the molecule is Cc1cc(C)c(C)c(OCCCNC(=O)CCNC(=O)c2ccccc2Cl)c1. The summed E-state index contributed by atoms with van der Waals surface area (Å²) in [6.45, 7) is 7.48. The van der Waals surface area contributed by atoms with Crippen molar-refractivity contribution in [2.45, 2.75) is 33.6 Å². The van der Waals surface area contributed by atoms with Crippen LogP contribution in [-0.2, 0) is 4.79 Å². The highest BCUT2D eigenvalue weighted by molar-refractivity contribution is 6.33. The summed E-state index contributed by atoms with van der Waals surface area (Å²) >= 11 is 5.98. The van der Waals surface area contributed by atoms with E-state index in [1.165, 1.54) is 11.1 Å². The van der Waals surface area contributed by atoms with Gasteiger partial charge in [0.05, 0.1) is 17.2 Å². The van der Waals surface area contributed by atoms with Crippen LogP contribution in [-0.4, -0.2) is 31.5 Å². The number of ether oxygens (including phenoxy) is 1. The number of amides is 2. The Morgan fingerprint density at radius 2 is 1.79 bits per heavy atom. The highest BCUT2D eigenvalue weighted by Gasteiger charge is 2.09. The Morgan fingerprint density at radius 3 is 2.54 bits per heavy atom. The molecule has 150 valence electrons. The van der Waals surface area contributed by atoms with E-state index in [9.17, 15) is 9.59 Å². The van der Waals surface area contributed by atoms with E-state index in [1.807, 2.05) is 19.9 Å². The average molecular weight is 403 g/mol. The third-order valence-electron chi connectivity index (χ3n) is 4.42. The molecule has 2 N–H and O–H groups in total. The van der Waals surface area contributed by atoms with Crippen molar-refractivity contribution in [2.24, 2.45) is 0 Å². The Labute approximate surface area is 171 Å². The van der Waals surface area contributed by atoms with Gasteiger partial charge in [-0.25, -0.2) is 0 Å². The van der Waals surface area contributed by atoms with Crippen molar-refractivity contribution in [1.29, 1.82) is 0 Å². The third-order valence-corrected chi connectivity index (χ3v) is 4.75. The molecule has 0 fully saturated rings. The summed E-state index contributed by atoms with van der Waals surface area (Å²) in [6.07, 6.45) is 0.928. The van der Waals surface area contributed by atoms with E-state index in [2.05, 4.69) is 23.6 Å². The molecule has 0 heterocycles. The monoisotopic (exact) mass is 402 g/mol. The Balaban J connectivity index is 1.62. The van der Waals surface area contributed by atoms with E-state index < -0.39 is 0 Å². The topological polar surface area (TPSA) is 67.4 Å². The van der Waals surface area contributed by atoms with Crippen LogP contribution < -0.4 is 15.4 Å². The van der Waals surface area contributed by atoms with Crippen LogP contribution in [0.5, 0.6) is 5.75 Å². The fraction of sp³-hybridized carbons (Fsp3) is 0.364. The van der Waals surface area contributed by atoms with Crippen molar-refractivity contribution >= 4 is 23.4 Å². The standard InChI is InChI=1S/C22H27ClN2O3/c1-15-13-16(2)17(3)20(14-15)28-12-6-10-24-21(26)9-11-25-22(27)18-7-4-5-8-19(18)23/h4-5,7-8,13-14H,6,9-12H2,1-3H3,(H,24,26)(H,25,27). The van der Waals surface area contributed by atoms with Crippen LogP contribution in [0.1, 0.15) is 39.9 Å². The van der Waals surface area contributed by atoms with Crippen LogP contribution in [0.3, 0.4) is 0 Å². The summed E-state index contributed by atoms with van der Waals surface area (Å²) in [5.41, 5.74) is 3.93. The molecule has 5 nitrogen and oxygen atoms in total. The van der Waals surface area contributed by atoms with Gasteiger partial charge >= 0.3 is 0 Å². The minimum atomic E-state index is -0.282. The molecule has 6 heteroatoms. The van der Waals surface area contributed by atoms with Crippen LogP contribution >= 0.6 is 11.6 Å². The van der Waals surface area contributed by atoms with Gasteiger partial charge in [0, 0.05) is 19.5 Å². The van der Waals surface area contributed by atoms with Crippen molar-refractivity contribution in [1.82, 2.24) is 10.6 Å². The Hall–Kier alpha value is -2.53. The molecule has 0 radical (unpaired) electrons. The van der Waals surface area contributed by atoms with Crippen molar-refractivity contribution in [3.05, 3.63) is 63.7 Å². The molecule has 2 aromatic carbocycles. The highest BCUT2D eigenvalue weighted by Crippen LogP contribution is 2.23. The predicted octanol–water partition coefficient (Wildman–Crippen LogP) is 3.97. The second kappa shape index (κ2) is 10.7. The van der Waals surface area contributed by atoms with Gasteiger partial charge < -0.3 is 15.4 Å². The van der Waals surface area contributed by atoms with Gasteiger partial charge in [0.2, 0.25) is 5.91 Å². The normalized spacial score (nSPS) is 10.4. The summed E-state index contributed by atoms with van der Waals surface area (Å²) in [5.74, 6) is 0.503. The zero-order valence-electron chi connectivity index (χ0n) is 16.6. The number of carbonyl (C=O) groups excluding carboxylic acids is 2. The first-order valence-electron chi connectivity index (χ1n) is 9.38. The smallest absolute Gasteiger partial charge is 0.252 e. The van der Waals surface area contributed by atoms with Gasteiger partial charge in [0.1, 0.15) is 5.75 Å². The van der Waals surface area contributed by atoms with E-state index in [0.717, 1.165) is 11.3 Å². The predicted molar refractivity (Wildman–Crippen MR) is 112 cm³/mol. The number of hydrogen-bond acceptors (Lipinski definition) is 3. The minimum absolute atomic E-state index is 0.109. The lowest BCUT2D eigenvalue weighted by Crippen LogP contribution is -2.31. The van der Waals surface area contributed by atoms with Gasteiger partial charge in [-0.15, -0.1) is 0 Å². The zero-order chi connectivity index (χ0) is 20.5. The fourth-order valence-electron chi connectivity index (χ4n) is 2.75. The Bertz CT molecular complexity index is 837. The molecule has 0 unspecified atom stereocenters. The summed E-state index contributed by atoms with van der Waals surface area (Å²) in [7, 11) is 0. The van der Waals surface area contributed by atoms with Crippen LogP contribution in [0.25, 0.3) is 0 Å². The molecule has 2 amide bonds. The summed E-state index contributed by atoms with van der Waals surface area (Å²) in [5, 5.41) is 5.93. The molecule has 0 bridgehead atoms. The number of halogens is 1. The molecule has 0 saturated carbocycles. The van der Waals surface area contributed by atoms with Crippen molar-refractivity contribution < 1.29 is 14.3 Å². The zero-order valence-corrected chi connectivity index (χ0v) is 17.4. The maximum absolute atomic E-state index is 12.0. The lowest BCUT2D eigenvalue weighted by Gasteiger charge is -2.12. The highest BCUT2D eigenvalue weighted by atomic mass is 35.5. The van der Waals surface area contributed by atoms with E-state index in [4.69, 9.17) is 16.3 Å². The Morgan fingerprint density at radius 1 is 1.04 bits per heavy atom. The molecule has 2 rings (SSSR count). The van der Waals surface area contributed by atoms with Gasteiger partial charge in [-0.05, 0) is 62.1 Å². The average Bonchev–Trinajstić information content (AvgIpc) is 2.65. The van der Waals surface area contributed by atoms with Gasteiger partial charge in [-0.1, -0.05) is 29.8 Å². The lowest BCUT2D eigenvalue weighted by atomic mass is 10.1. The van der Waals surface area contributed by atoms with Crippen molar-refractivity contribution in [2.75, 3.05) is 19.7 Å². The molecule has 2 aromatic rings. The number of hydrogen-bond donors (Lipinski definition) is 2.